The standard InChI is InChI=1S/C12H14BrN3O2S/c1-7(2)16-5-8(13)3-10(16)11(17)14-4-9-6-19-12(18)15-9/h3,5-7H,4H2,1-2H3,(H,14,17)(H,15,18). The van der Waals surface area contributed by atoms with Gasteiger partial charge in [0.05, 0.1) is 6.54 Å². The average molecular weight is 344 g/mol. The predicted octanol–water partition coefficient (Wildman–Crippen LogP) is 2.51. The number of rotatable bonds is 4. The summed E-state index contributed by atoms with van der Waals surface area (Å²) in [7, 11) is 0. The quantitative estimate of drug-likeness (QED) is 0.895. The fourth-order valence-corrected chi connectivity index (χ4v) is 2.74. The van der Waals surface area contributed by atoms with Crippen LogP contribution in [0.3, 0.4) is 0 Å². The van der Waals surface area contributed by atoms with Crippen LogP contribution in [0.25, 0.3) is 0 Å². The molecule has 0 unspecified atom stereocenters. The van der Waals surface area contributed by atoms with E-state index in [1.165, 1.54) is 0 Å². The molecular weight excluding hydrogens is 330 g/mol. The van der Waals surface area contributed by atoms with Crippen LogP contribution in [0.1, 0.15) is 36.1 Å². The number of hydrogen-bond acceptors (Lipinski definition) is 3. The minimum atomic E-state index is -0.161. The maximum absolute atomic E-state index is 12.1. The average Bonchev–Trinajstić information content (AvgIpc) is 2.92. The minimum absolute atomic E-state index is 0.113. The van der Waals surface area contributed by atoms with Gasteiger partial charge in [0.15, 0.2) is 0 Å². The Morgan fingerprint density at radius 2 is 2.32 bits per heavy atom. The van der Waals surface area contributed by atoms with E-state index in [1.807, 2.05) is 24.6 Å². The number of aromatic amines is 1. The fraction of sp³-hybridized carbons (Fsp3) is 0.333. The van der Waals surface area contributed by atoms with Crippen LogP contribution in [0, 0.1) is 0 Å². The zero-order valence-electron chi connectivity index (χ0n) is 10.6. The smallest absolute Gasteiger partial charge is 0.304 e. The number of carbonyl (C=O) groups excluding carboxylic acids is 1. The first-order valence-corrected chi connectivity index (χ1v) is 7.47. The first kappa shape index (κ1) is 14.1. The van der Waals surface area contributed by atoms with Crippen LogP contribution in [0.15, 0.2) is 26.9 Å². The summed E-state index contributed by atoms with van der Waals surface area (Å²) >= 11 is 4.46. The molecule has 0 aromatic carbocycles. The lowest BCUT2D eigenvalue weighted by atomic mass is 10.3. The topological polar surface area (TPSA) is 66.9 Å². The van der Waals surface area contributed by atoms with Crippen molar-refractivity contribution in [2.24, 2.45) is 0 Å². The number of hydrogen-bond donors (Lipinski definition) is 2. The summed E-state index contributed by atoms with van der Waals surface area (Å²) in [5, 5.41) is 4.50. The Labute approximate surface area is 122 Å². The van der Waals surface area contributed by atoms with E-state index >= 15 is 0 Å². The molecule has 7 heteroatoms. The molecule has 0 bridgehead atoms. The van der Waals surface area contributed by atoms with Crippen LogP contribution in [0.5, 0.6) is 0 Å². The van der Waals surface area contributed by atoms with Gasteiger partial charge in [-0.2, -0.15) is 0 Å². The largest absolute Gasteiger partial charge is 0.345 e. The minimum Gasteiger partial charge on any atom is -0.345 e. The number of halogens is 1. The number of H-pyrrole nitrogens is 1. The van der Waals surface area contributed by atoms with Crippen molar-refractivity contribution in [2.45, 2.75) is 26.4 Å². The van der Waals surface area contributed by atoms with Crippen LogP contribution in [0.4, 0.5) is 0 Å². The molecular formula is C12H14BrN3O2S. The summed E-state index contributed by atoms with van der Waals surface area (Å²) < 4.78 is 2.77. The van der Waals surface area contributed by atoms with Gasteiger partial charge in [-0.15, -0.1) is 0 Å². The highest BCUT2D eigenvalue weighted by Crippen LogP contribution is 2.19. The van der Waals surface area contributed by atoms with Crippen LogP contribution >= 0.6 is 27.3 Å². The van der Waals surface area contributed by atoms with E-state index in [4.69, 9.17) is 0 Å². The second-order valence-corrected chi connectivity index (χ2v) is 6.16. The summed E-state index contributed by atoms with van der Waals surface area (Å²) in [6.07, 6.45) is 1.88. The highest BCUT2D eigenvalue weighted by molar-refractivity contribution is 9.10. The summed E-state index contributed by atoms with van der Waals surface area (Å²) in [4.78, 5) is 25.7. The second kappa shape index (κ2) is 5.75. The van der Waals surface area contributed by atoms with Crippen molar-refractivity contribution in [3.05, 3.63) is 43.2 Å². The molecule has 0 radical (unpaired) electrons. The Morgan fingerprint density at radius 1 is 1.58 bits per heavy atom. The van der Waals surface area contributed by atoms with Gasteiger partial charge >= 0.3 is 4.87 Å². The highest BCUT2D eigenvalue weighted by atomic mass is 79.9. The number of nitrogens with one attached hydrogen (secondary N) is 2. The Hall–Kier alpha value is -1.34. The molecule has 0 aliphatic rings. The summed E-state index contributed by atoms with van der Waals surface area (Å²) in [5.74, 6) is -0.161. The van der Waals surface area contributed by atoms with Crippen molar-refractivity contribution in [3.8, 4) is 0 Å². The van der Waals surface area contributed by atoms with Crippen LogP contribution in [-0.4, -0.2) is 15.5 Å². The summed E-state index contributed by atoms with van der Waals surface area (Å²) in [6, 6.07) is 1.99. The van der Waals surface area contributed by atoms with E-state index in [9.17, 15) is 9.59 Å². The Bertz CT molecular complexity index is 641. The first-order chi connectivity index (χ1) is 8.97. The number of thiazole rings is 1. The number of amides is 1. The molecule has 102 valence electrons. The third-order valence-electron chi connectivity index (χ3n) is 2.61. The van der Waals surface area contributed by atoms with Gasteiger partial charge in [0.2, 0.25) is 0 Å². The number of aromatic nitrogens is 2. The monoisotopic (exact) mass is 343 g/mol. The molecule has 5 nitrogen and oxygen atoms in total. The Balaban J connectivity index is 2.09. The molecule has 0 aliphatic carbocycles. The molecule has 0 aliphatic heterocycles. The van der Waals surface area contributed by atoms with Gasteiger partial charge in [0.1, 0.15) is 5.69 Å². The predicted molar refractivity (Wildman–Crippen MR) is 78.6 cm³/mol. The zero-order chi connectivity index (χ0) is 14.0. The number of carbonyl (C=O) groups is 1. The van der Waals surface area contributed by atoms with Crippen LogP contribution in [-0.2, 0) is 6.54 Å². The third kappa shape index (κ3) is 3.36. The molecule has 0 atom stereocenters. The first-order valence-electron chi connectivity index (χ1n) is 5.79. The molecule has 0 fully saturated rings. The second-order valence-electron chi connectivity index (χ2n) is 4.40. The van der Waals surface area contributed by atoms with Gasteiger partial charge in [0.25, 0.3) is 5.91 Å². The van der Waals surface area contributed by atoms with Crippen LogP contribution in [0.2, 0.25) is 0 Å². The lowest BCUT2D eigenvalue weighted by Gasteiger charge is -2.12. The zero-order valence-corrected chi connectivity index (χ0v) is 13.0. The fourth-order valence-electron chi connectivity index (χ4n) is 1.72. The van der Waals surface area contributed by atoms with Gasteiger partial charge in [-0.25, -0.2) is 0 Å². The van der Waals surface area contributed by atoms with Gasteiger partial charge in [-0.05, 0) is 35.8 Å². The van der Waals surface area contributed by atoms with E-state index in [0.29, 0.717) is 17.9 Å². The van der Waals surface area contributed by atoms with Gasteiger partial charge in [-0.1, -0.05) is 11.3 Å². The van der Waals surface area contributed by atoms with Crippen molar-refractivity contribution in [2.75, 3.05) is 0 Å². The van der Waals surface area contributed by atoms with E-state index < -0.39 is 0 Å². The van der Waals surface area contributed by atoms with Crippen molar-refractivity contribution in [3.63, 3.8) is 0 Å². The Kier molecular flexibility index (Phi) is 4.26. The van der Waals surface area contributed by atoms with Crippen molar-refractivity contribution in [1.82, 2.24) is 14.9 Å². The van der Waals surface area contributed by atoms with Crippen molar-refractivity contribution < 1.29 is 4.79 Å². The molecule has 2 rings (SSSR count). The maximum Gasteiger partial charge on any atom is 0.304 e. The third-order valence-corrected chi connectivity index (χ3v) is 3.77. The van der Waals surface area contributed by atoms with Crippen molar-refractivity contribution in [1.29, 1.82) is 0 Å². The molecule has 1 amide bonds. The van der Waals surface area contributed by atoms with Gasteiger partial charge < -0.3 is 14.9 Å². The molecule has 2 aromatic rings. The maximum atomic E-state index is 12.1. The van der Waals surface area contributed by atoms with Gasteiger partial charge in [-0.3, -0.25) is 9.59 Å². The van der Waals surface area contributed by atoms with E-state index in [1.54, 1.807) is 11.4 Å². The molecule has 2 heterocycles. The molecule has 19 heavy (non-hydrogen) atoms. The van der Waals surface area contributed by atoms with Gasteiger partial charge in [0, 0.05) is 27.8 Å². The number of nitrogens with zero attached hydrogens (tertiary/aromatic N) is 1. The Morgan fingerprint density at radius 3 is 2.89 bits per heavy atom. The van der Waals surface area contributed by atoms with Crippen LogP contribution < -0.4 is 10.2 Å². The summed E-state index contributed by atoms with van der Waals surface area (Å²) in [6.45, 7) is 4.34. The molecule has 0 saturated carbocycles. The SMILES string of the molecule is CC(C)n1cc(Br)cc1C(=O)NCc1csc(=O)[nH]1. The van der Waals surface area contributed by atoms with E-state index in [0.717, 1.165) is 15.8 Å². The van der Waals surface area contributed by atoms with E-state index in [2.05, 4.69) is 26.2 Å². The molecule has 2 N–H and O–H groups in total. The molecule has 0 saturated heterocycles. The lowest BCUT2D eigenvalue weighted by Crippen LogP contribution is -2.26. The summed E-state index contributed by atoms with van der Waals surface area (Å²) in [5.41, 5.74) is 1.31. The molecule has 2 aromatic heterocycles. The normalized spacial score (nSPS) is 10.9. The van der Waals surface area contributed by atoms with Crippen molar-refractivity contribution >= 4 is 33.2 Å². The highest BCUT2D eigenvalue weighted by Gasteiger charge is 2.14. The van der Waals surface area contributed by atoms with E-state index in [-0.39, 0.29) is 16.8 Å². The molecule has 0 spiro atoms. The lowest BCUT2D eigenvalue weighted by molar-refractivity contribution is 0.0939.